The van der Waals surface area contributed by atoms with Crippen LogP contribution in [0.25, 0.3) is 0 Å². The number of hydrogen-bond donors (Lipinski definition) is 1. The van der Waals surface area contributed by atoms with Gasteiger partial charge < -0.3 is 4.90 Å². The summed E-state index contributed by atoms with van der Waals surface area (Å²) in [5.41, 5.74) is 4.97. The van der Waals surface area contributed by atoms with Gasteiger partial charge in [-0.25, -0.2) is 13.8 Å². The van der Waals surface area contributed by atoms with Gasteiger partial charge in [0, 0.05) is 12.5 Å². The summed E-state index contributed by atoms with van der Waals surface area (Å²) in [6.45, 7) is 6.50. The molecule has 0 spiro atoms. The van der Waals surface area contributed by atoms with Gasteiger partial charge in [-0.1, -0.05) is 56.2 Å². The lowest BCUT2D eigenvalue weighted by atomic mass is 9.84. The Bertz CT molecular complexity index is 951. The van der Waals surface area contributed by atoms with E-state index in [0.29, 0.717) is 0 Å². The number of hydrogen-bond acceptors (Lipinski definition) is 3. The molecule has 0 aromatic heterocycles. The van der Waals surface area contributed by atoms with Crippen molar-refractivity contribution in [2.75, 3.05) is 20.6 Å². The van der Waals surface area contributed by atoms with E-state index in [0.717, 1.165) is 61.6 Å². The Labute approximate surface area is 201 Å². The summed E-state index contributed by atoms with van der Waals surface area (Å²) in [6.07, 6.45) is 3.86. The number of carbonyl (C=O) groups excluding carboxylic acids is 1. The highest BCUT2D eigenvalue weighted by Crippen LogP contribution is 2.35. The first-order valence-corrected chi connectivity index (χ1v) is 11.8. The van der Waals surface area contributed by atoms with Crippen LogP contribution >= 0.6 is 12.2 Å². The van der Waals surface area contributed by atoms with Crippen LogP contribution in [0.1, 0.15) is 62.3 Å². The number of benzene rings is 2. The van der Waals surface area contributed by atoms with Gasteiger partial charge in [-0.15, -0.1) is 0 Å². The van der Waals surface area contributed by atoms with Gasteiger partial charge >= 0.3 is 0 Å². The fourth-order valence-electron chi connectivity index (χ4n) is 4.06. The Kier molecular flexibility index (Phi) is 10.4. The lowest BCUT2D eigenvalue weighted by molar-refractivity contribution is -0.135. The lowest BCUT2D eigenvalue weighted by Gasteiger charge is -2.39. The maximum absolute atomic E-state index is 14.4. The third-order valence-electron chi connectivity index (χ3n) is 5.84. The monoisotopic (exact) mass is 475 g/mol. The molecule has 1 amide bonds. The Balaban J connectivity index is 2.52. The zero-order valence-corrected chi connectivity index (χ0v) is 21.0. The number of amides is 1. The van der Waals surface area contributed by atoms with Crippen molar-refractivity contribution in [1.29, 1.82) is 0 Å². The van der Waals surface area contributed by atoms with Gasteiger partial charge in [0.2, 0.25) is 5.91 Å². The molecule has 2 aromatic carbocycles. The van der Waals surface area contributed by atoms with Crippen LogP contribution in [0, 0.1) is 24.5 Å². The molecule has 2 unspecified atom stereocenters. The maximum Gasteiger partial charge on any atom is 0.238 e. The summed E-state index contributed by atoms with van der Waals surface area (Å²) in [5.74, 6) is -1.33. The summed E-state index contributed by atoms with van der Waals surface area (Å²) in [4.78, 5) is 15.0. The average molecular weight is 476 g/mol. The first kappa shape index (κ1) is 26.9. The summed E-state index contributed by atoms with van der Waals surface area (Å²) in [7, 11) is 4.06. The third kappa shape index (κ3) is 7.57. The van der Waals surface area contributed by atoms with Crippen LogP contribution in [-0.4, -0.2) is 41.4 Å². The molecule has 0 bridgehead atoms. The smallest absolute Gasteiger partial charge is 0.238 e. The van der Waals surface area contributed by atoms with Crippen molar-refractivity contribution < 1.29 is 13.6 Å². The second-order valence-corrected chi connectivity index (χ2v) is 9.16. The fourth-order valence-corrected chi connectivity index (χ4v) is 4.31. The van der Waals surface area contributed by atoms with Gasteiger partial charge in [-0.05, 0) is 75.6 Å². The predicted molar refractivity (Wildman–Crippen MR) is 134 cm³/mol. The molecule has 0 aliphatic carbocycles. The minimum absolute atomic E-state index is 0.0253. The van der Waals surface area contributed by atoms with Crippen LogP contribution in [0.5, 0.6) is 0 Å². The minimum Gasteiger partial charge on any atom is -0.309 e. The molecule has 2 aromatic rings. The summed E-state index contributed by atoms with van der Waals surface area (Å²) in [5, 5.41) is 1.50. The van der Waals surface area contributed by atoms with Crippen molar-refractivity contribution in [3.8, 4) is 0 Å². The van der Waals surface area contributed by atoms with E-state index in [2.05, 4.69) is 17.2 Å². The number of nitrogens with zero attached hydrogens (tertiary/aromatic N) is 2. The van der Waals surface area contributed by atoms with Crippen LogP contribution < -0.4 is 5.43 Å². The molecule has 0 radical (unpaired) electrons. The highest BCUT2D eigenvalue weighted by molar-refractivity contribution is 7.80. The molecule has 33 heavy (non-hydrogen) atoms. The molecule has 2 rings (SSSR count). The van der Waals surface area contributed by atoms with Crippen LogP contribution in [0.3, 0.4) is 0 Å². The highest BCUT2D eigenvalue weighted by Gasteiger charge is 2.32. The van der Waals surface area contributed by atoms with Crippen LogP contribution in [-0.2, 0) is 4.79 Å². The van der Waals surface area contributed by atoms with Crippen molar-refractivity contribution in [2.24, 2.45) is 5.92 Å². The van der Waals surface area contributed by atoms with E-state index in [1.54, 1.807) is 0 Å². The SMILES string of the molecule is CCCCC(CCN(C)C)C(c1ccccc1C)N(NC(=S)c1cc(F)ccc1F)C(C)=O. The molecule has 2 atom stereocenters. The molecule has 1 N–H and O–H groups in total. The number of halogens is 2. The quantitative estimate of drug-likeness (QED) is 0.348. The number of nitrogens with one attached hydrogen (secondary N) is 1. The molecule has 7 heteroatoms. The zero-order chi connectivity index (χ0) is 24.5. The zero-order valence-electron chi connectivity index (χ0n) is 20.2. The highest BCUT2D eigenvalue weighted by atomic mass is 32.1. The van der Waals surface area contributed by atoms with Gasteiger partial charge in [0.05, 0.1) is 6.04 Å². The number of rotatable bonds is 10. The number of aryl methyl sites for hydroxylation is 1. The van der Waals surface area contributed by atoms with Crippen LogP contribution in [0.15, 0.2) is 42.5 Å². The second kappa shape index (κ2) is 12.8. The molecular formula is C26H35F2N3OS. The van der Waals surface area contributed by atoms with Gasteiger partial charge in [-0.3, -0.25) is 10.2 Å². The van der Waals surface area contributed by atoms with E-state index in [1.807, 2.05) is 45.3 Å². The van der Waals surface area contributed by atoms with E-state index in [-0.39, 0.29) is 28.4 Å². The number of hydrazine groups is 1. The van der Waals surface area contributed by atoms with Crippen molar-refractivity contribution in [3.05, 3.63) is 70.8 Å². The van der Waals surface area contributed by atoms with Gasteiger partial charge in [0.15, 0.2) is 0 Å². The molecule has 0 fully saturated rings. The largest absolute Gasteiger partial charge is 0.309 e. The van der Waals surface area contributed by atoms with E-state index in [1.165, 1.54) is 11.9 Å². The summed E-state index contributed by atoms with van der Waals surface area (Å²) < 4.78 is 28.2. The van der Waals surface area contributed by atoms with Crippen molar-refractivity contribution in [2.45, 2.75) is 52.5 Å². The number of carbonyl (C=O) groups is 1. The number of thiocarbonyl (C=S) groups is 1. The Morgan fingerprint density at radius 1 is 1.12 bits per heavy atom. The molecule has 0 saturated heterocycles. The molecule has 0 heterocycles. The maximum atomic E-state index is 14.4. The molecule has 0 aliphatic rings. The van der Waals surface area contributed by atoms with Crippen molar-refractivity contribution in [1.82, 2.24) is 15.3 Å². The van der Waals surface area contributed by atoms with Crippen molar-refractivity contribution in [3.63, 3.8) is 0 Å². The number of unbranched alkanes of at least 4 members (excludes halogenated alkanes) is 1. The lowest BCUT2D eigenvalue weighted by Crippen LogP contribution is -2.49. The molecule has 0 saturated carbocycles. The van der Waals surface area contributed by atoms with E-state index in [4.69, 9.17) is 12.2 Å². The molecule has 4 nitrogen and oxygen atoms in total. The summed E-state index contributed by atoms with van der Waals surface area (Å²) in [6, 6.07) is 10.8. The average Bonchev–Trinajstić information content (AvgIpc) is 2.76. The Morgan fingerprint density at radius 3 is 2.42 bits per heavy atom. The first-order chi connectivity index (χ1) is 15.6. The molecule has 0 aliphatic heterocycles. The van der Waals surface area contributed by atoms with Gasteiger partial charge in [0.25, 0.3) is 0 Å². The first-order valence-electron chi connectivity index (χ1n) is 11.4. The summed E-state index contributed by atoms with van der Waals surface area (Å²) >= 11 is 5.43. The second-order valence-electron chi connectivity index (χ2n) is 8.75. The molecular weight excluding hydrogens is 440 g/mol. The minimum atomic E-state index is -0.639. The van der Waals surface area contributed by atoms with E-state index < -0.39 is 11.6 Å². The Hall–Kier alpha value is -2.38. The topological polar surface area (TPSA) is 35.6 Å². The normalized spacial score (nSPS) is 13.0. The van der Waals surface area contributed by atoms with Gasteiger partial charge in [0.1, 0.15) is 16.6 Å². The molecule has 180 valence electrons. The van der Waals surface area contributed by atoms with E-state index >= 15 is 0 Å². The van der Waals surface area contributed by atoms with Crippen LogP contribution in [0.2, 0.25) is 0 Å². The third-order valence-corrected chi connectivity index (χ3v) is 6.15. The predicted octanol–water partition coefficient (Wildman–Crippen LogP) is 5.80. The fraction of sp³-hybridized carbons (Fsp3) is 0.462. The van der Waals surface area contributed by atoms with Gasteiger partial charge in [-0.2, -0.15) is 0 Å². The standard InChI is InChI=1S/C26H35F2N3OS/c1-6-7-11-20(15-16-30(4)5)25(22-12-9-8-10-18(22)2)31(19(3)32)29-26(33)23-17-21(27)13-14-24(23)28/h8-10,12-14,17,20,25H,6-7,11,15-16H2,1-5H3,(H,29,33). The Morgan fingerprint density at radius 2 is 1.82 bits per heavy atom. The van der Waals surface area contributed by atoms with Crippen molar-refractivity contribution >= 4 is 23.1 Å². The van der Waals surface area contributed by atoms with Crippen LogP contribution in [0.4, 0.5) is 8.78 Å². The van der Waals surface area contributed by atoms with E-state index in [9.17, 15) is 13.6 Å².